The van der Waals surface area contributed by atoms with Crippen LogP contribution in [0.5, 0.6) is 0 Å². The van der Waals surface area contributed by atoms with E-state index in [4.69, 9.17) is 5.73 Å². The number of likely N-dealkylation sites (tertiary alicyclic amines) is 2. The number of nitrogens with one attached hydrogen (secondary N) is 1. The lowest BCUT2D eigenvalue weighted by molar-refractivity contribution is -0.150. The molecule has 0 radical (unpaired) electrons. The standard InChI is InChI=1S/C19H34N4O3.ClH/c1-14(2)12-16(23-11-4-3-7-17(23)24)19(26)22-10-5-6-15(13-22)18(25)21-9-8-20;/h14-16H,3-13,20H2,1-2H3,(H,21,25);1H. The summed E-state index contributed by atoms with van der Waals surface area (Å²) in [7, 11) is 0. The van der Waals surface area contributed by atoms with Gasteiger partial charge in [0.1, 0.15) is 6.04 Å². The molecule has 0 saturated carbocycles. The highest BCUT2D eigenvalue weighted by atomic mass is 35.5. The number of nitrogens with zero attached hydrogens (tertiary/aromatic N) is 2. The average molecular weight is 403 g/mol. The zero-order valence-corrected chi connectivity index (χ0v) is 17.4. The number of hydrogen-bond acceptors (Lipinski definition) is 4. The minimum absolute atomic E-state index is 0. The Bertz CT molecular complexity index is 515. The molecule has 0 aromatic carbocycles. The van der Waals surface area contributed by atoms with E-state index in [1.807, 2.05) is 0 Å². The van der Waals surface area contributed by atoms with Gasteiger partial charge >= 0.3 is 0 Å². The molecule has 2 unspecified atom stereocenters. The molecule has 2 fully saturated rings. The zero-order chi connectivity index (χ0) is 19.1. The van der Waals surface area contributed by atoms with Crippen LogP contribution in [0, 0.1) is 11.8 Å². The predicted octanol–water partition coefficient (Wildman–Crippen LogP) is 1.15. The second kappa shape index (κ2) is 11.5. The highest BCUT2D eigenvalue weighted by molar-refractivity contribution is 5.89. The fourth-order valence-electron chi connectivity index (χ4n) is 3.91. The van der Waals surface area contributed by atoms with Crippen LogP contribution in [0.15, 0.2) is 0 Å². The fourth-order valence-corrected chi connectivity index (χ4v) is 3.91. The van der Waals surface area contributed by atoms with Crippen molar-refractivity contribution < 1.29 is 14.4 Å². The number of hydrogen-bond donors (Lipinski definition) is 2. The van der Waals surface area contributed by atoms with Crippen LogP contribution in [0.2, 0.25) is 0 Å². The van der Waals surface area contributed by atoms with Crippen molar-refractivity contribution in [2.24, 2.45) is 17.6 Å². The molecule has 27 heavy (non-hydrogen) atoms. The Morgan fingerprint density at radius 1 is 1.22 bits per heavy atom. The maximum Gasteiger partial charge on any atom is 0.245 e. The number of halogens is 1. The Labute approximate surface area is 168 Å². The normalized spacial score (nSPS) is 21.6. The Kier molecular flexibility index (Phi) is 10.1. The van der Waals surface area contributed by atoms with Crippen LogP contribution in [0.3, 0.4) is 0 Å². The molecule has 8 heteroatoms. The Balaban J connectivity index is 0.00000364. The summed E-state index contributed by atoms with van der Waals surface area (Å²) in [6.07, 6.45) is 4.67. The summed E-state index contributed by atoms with van der Waals surface area (Å²) in [4.78, 5) is 41.5. The quantitative estimate of drug-likeness (QED) is 0.667. The van der Waals surface area contributed by atoms with E-state index in [0.29, 0.717) is 51.5 Å². The lowest BCUT2D eigenvalue weighted by Gasteiger charge is -2.40. The van der Waals surface area contributed by atoms with Crippen molar-refractivity contribution in [3.8, 4) is 0 Å². The van der Waals surface area contributed by atoms with Crippen molar-refractivity contribution in [1.82, 2.24) is 15.1 Å². The van der Waals surface area contributed by atoms with Gasteiger partial charge in [0.2, 0.25) is 17.7 Å². The molecule has 2 aliphatic rings. The van der Waals surface area contributed by atoms with Gasteiger partial charge in [-0.1, -0.05) is 13.8 Å². The summed E-state index contributed by atoms with van der Waals surface area (Å²) in [5.74, 6) is 0.209. The highest BCUT2D eigenvalue weighted by Gasteiger charge is 2.37. The molecule has 0 bridgehead atoms. The van der Waals surface area contributed by atoms with Gasteiger partial charge in [-0.3, -0.25) is 14.4 Å². The van der Waals surface area contributed by atoms with Gasteiger partial charge in [-0.05, 0) is 38.0 Å². The first-order valence-corrected chi connectivity index (χ1v) is 10.00. The van der Waals surface area contributed by atoms with Crippen molar-refractivity contribution in [2.75, 3.05) is 32.7 Å². The van der Waals surface area contributed by atoms with E-state index in [2.05, 4.69) is 19.2 Å². The van der Waals surface area contributed by atoms with Crippen LogP contribution < -0.4 is 11.1 Å². The lowest BCUT2D eigenvalue weighted by atomic mass is 9.94. The number of rotatable bonds is 7. The van der Waals surface area contributed by atoms with Crippen molar-refractivity contribution in [3.05, 3.63) is 0 Å². The van der Waals surface area contributed by atoms with Crippen LogP contribution in [0.25, 0.3) is 0 Å². The van der Waals surface area contributed by atoms with Gasteiger partial charge in [-0.25, -0.2) is 0 Å². The summed E-state index contributed by atoms with van der Waals surface area (Å²) in [5, 5.41) is 2.83. The summed E-state index contributed by atoms with van der Waals surface area (Å²) in [5.41, 5.74) is 5.45. The van der Waals surface area contributed by atoms with Gasteiger partial charge < -0.3 is 20.9 Å². The Morgan fingerprint density at radius 3 is 2.59 bits per heavy atom. The van der Waals surface area contributed by atoms with Gasteiger partial charge in [0.25, 0.3) is 0 Å². The number of carbonyl (C=O) groups is 3. The monoisotopic (exact) mass is 402 g/mol. The molecule has 0 aromatic heterocycles. The van der Waals surface area contributed by atoms with Crippen LogP contribution in [-0.2, 0) is 14.4 Å². The first-order valence-electron chi connectivity index (χ1n) is 10.00. The molecule has 2 saturated heterocycles. The van der Waals surface area contributed by atoms with Crippen LogP contribution in [0.1, 0.15) is 52.4 Å². The van der Waals surface area contributed by atoms with E-state index < -0.39 is 6.04 Å². The van der Waals surface area contributed by atoms with Crippen molar-refractivity contribution in [3.63, 3.8) is 0 Å². The number of carbonyl (C=O) groups excluding carboxylic acids is 3. The first-order chi connectivity index (χ1) is 12.4. The molecule has 3 amide bonds. The highest BCUT2D eigenvalue weighted by Crippen LogP contribution is 2.24. The molecule has 0 aromatic rings. The first kappa shape index (κ1) is 23.7. The molecule has 7 nitrogen and oxygen atoms in total. The molecule has 3 N–H and O–H groups in total. The largest absolute Gasteiger partial charge is 0.355 e. The third-order valence-corrected chi connectivity index (χ3v) is 5.26. The minimum Gasteiger partial charge on any atom is -0.355 e. The lowest BCUT2D eigenvalue weighted by Crippen LogP contribution is -2.55. The molecule has 2 rings (SSSR count). The van der Waals surface area contributed by atoms with Crippen molar-refractivity contribution in [1.29, 1.82) is 0 Å². The summed E-state index contributed by atoms with van der Waals surface area (Å²) in [6, 6.07) is -0.395. The summed E-state index contributed by atoms with van der Waals surface area (Å²) >= 11 is 0. The third-order valence-electron chi connectivity index (χ3n) is 5.26. The van der Waals surface area contributed by atoms with E-state index in [1.165, 1.54) is 0 Å². The zero-order valence-electron chi connectivity index (χ0n) is 16.6. The Hall–Kier alpha value is -1.34. The SMILES string of the molecule is CC(C)CC(C(=O)N1CCCC(C(=O)NCCN)C1)N1CCCCC1=O.Cl. The van der Waals surface area contributed by atoms with Crippen molar-refractivity contribution in [2.45, 2.75) is 58.4 Å². The van der Waals surface area contributed by atoms with Crippen LogP contribution in [0.4, 0.5) is 0 Å². The van der Waals surface area contributed by atoms with E-state index in [9.17, 15) is 14.4 Å². The smallest absolute Gasteiger partial charge is 0.245 e. The summed E-state index contributed by atoms with van der Waals surface area (Å²) in [6.45, 7) is 6.79. The summed E-state index contributed by atoms with van der Waals surface area (Å²) < 4.78 is 0. The second-order valence-corrected chi connectivity index (χ2v) is 7.89. The molecule has 2 aliphatic heterocycles. The number of nitrogens with two attached hydrogens (primary N) is 1. The van der Waals surface area contributed by atoms with Crippen LogP contribution in [-0.4, -0.2) is 66.3 Å². The van der Waals surface area contributed by atoms with E-state index in [1.54, 1.807) is 9.80 Å². The van der Waals surface area contributed by atoms with Gasteiger partial charge in [0, 0.05) is 39.1 Å². The van der Waals surface area contributed by atoms with E-state index in [-0.39, 0.29) is 36.0 Å². The van der Waals surface area contributed by atoms with E-state index >= 15 is 0 Å². The Morgan fingerprint density at radius 2 is 1.96 bits per heavy atom. The molecular formula is C19H35ClN4O3. The average Bonchev–Trinajstić information content (AvgIpc) is 2.64. The molecule has 2 atom stereocenters. The number of amides is 3. The van der Waals surface area contributed by atoms with Crippen molar-refractivity contribution >= 4 is 30.1 Å². The van der Waals surface area contributed by atoms with Crippen LogP contribution >= 0.6 is 12.4 Å². The fraction of sp³-hybridized carbons (Fsp3) is 0.842. The maximum atomic E-state index is 13.2. The van der Waals surface area contributed by atoms with Gasteiger partial charge in [-0.15, -0.1) is 12.4 Å². The maximum absolute atomic E-state index is 13.2. The predicted molar refractivity (Wildman–Crippen MR) is 107 cm³/mol. The molecule has 0 aliphatic carbocycles. The molecular weight excluding hydrogens is 368 g/mol. The topological polar surface area (TPSA) is 95.7 Å². The van der Waals surface area contributed by atoms with Gasteiger partial charge in [0.15, 0.2) is 0 Å². The molecule has 2 heterocycles. The number of piperidine rings is 2. The van der Waals surface area contributed by atoms with E-state index in [0.717, 1.165) is 25.7 Å². The minimum atomic E-state index is -0.395. The molecule has 156 valence electrons. The van der Waals surface area contributed by atoms with Gasteiger partial charge in [-0.2, -0.15) is 0 Å². The second-order valence-electron chi connectivity index (χ2n) is 7.89. The molecule has 0 spiro atoms. The van der Waals surface area contributed by atoms with Gasteiger partial charge in [0.05, 0.1) is 5.92 Å². The third kappa shape index (κ3) is 6.64.